The lowest BCUT2D eigenvalue weighted by Gasteiger charge is -2.50. The van der Waals surface area contributed by atoms with Gasteiger partial charge in [0.05, 0.1) is 5.60 Å². The minimum absolute atomic E-state index is 0.00924. The van der Waals surface area contributed by atoms with Crippen molar-refractivity contribution in [2.24, 2.45) is 17.1 Å². The average molecular weight is 254 g/mol. The summed E-state index contributed by atoms with van der Waals surface area (Å²) in [5.74, 6) is 0.858. The third-order valence-electron chi connectivity index (χ3n) is 5.68. The van der Waals surface area contributed by atoms with Gasteiger partial charge in [0.25, 0.3) is 0 Å². The van der Waals surface area contributed by atoms with Gasteiger partial charge >= 0.3 is 0 Å². The molecule has 1 atom stereocenters. The largest absolute Gasteiger partial charge is 0.389 e. The van der Waals surface area contributed by atoms with E-state index in [1.54, 1.807) is 0 Å². The van der Waals surface area contributed by atoms with Crippen LogP contribution in [-0.4, -0.2) is 30.3 Å². The molecule has 2 fully saturated rings. The molecular formula is C15H30N2O. The Morgan fingerprint density at radius 2 is 1.89 bits per heavy atom. The minimum atomic E-state index is -0.524. The lowest BCUT2D eigenvalue weighted by atomic mass is 9.59. The summed E-state index contributed by atoms with van der Waals surface area (Å²) >= 11 is 0. The first-order chi connectivity index (χ1) is 8.66. The molecule has 2 rings (SSSR count). The molecule has 0 bridgehead atoms. The van der Waals surface area contributed by atoms with E-state index in [1.807, 2.05) is 0 Å². The van der Waals surface area contributed by atoms with Crippen molar-refractivity contribution in [2.75, 3.05) is 19.6 Å². The van der Waals surface area contributed by atoms with E-state index < -0.39 is 5.60 Å². The van der Waals surface area contributed by atoms with E-state index in [1.165, 1.54) is 19.3 Å². The summed E-state index contributed by atoms with van der Waals surface area (Å²) in [6, 6.07) is 0. The summed E-state index contributed by atoms with van der Waals surface area (Å²) in [5, 5.41) is 14.6. The lowest BCUT2D eigenvalue weighted by molar-refractivity contribution is -0.112. The van der Waals surface area contributed by atoms with E-state index >= 15 is 0 Å². The number of nitrogens with one attached hydrogen (secondary N) is 1. The van der Waals surface area contributed by atoms with Crippen LogP contribution >= 0.6 is 0 Å². The SMILES string of the molecule is CCC1CCC(CN)(C2(O)CCCNCC2)CC1. The highest BCUT2D eigenvalue weighted by Gasteiger charge is 2.50. The summed E-state index contributed by atoms with van der Waals surface area (Å²) in [6.45, 7) is 4.92. The number of hydrogen-bond donors (Lipinski definition) is 3. The van der Waals surface area contributed by atoms with Crippen LogP contribution in [0.1, 0.15) is 58.3 Å². The number of rotatable bonds is 3. The van der Waals surface area contributed by atoms with Crippen molar-refractivity contribution >= 4 is 0 Å². The maximum Gasteiger partial charge on any atom is 0.0728 e. The van der Waals surface area contributed by atoms with Crippen molar-refractivity contribution in [3.05, 3.63) is 0 Å². The molecule has 0 spiro atoms. The van der Waals surface area contributed by atoms with Crippen LogP contribution in [0, 0.1) is 11.3 Å². The fourth-order valence-corrected chi connectivity index (χ4v) is 4.08. The Hall–Kier alpha value is -0.120. The van der Waals surface area contributed by atoms with Crippen LogP contribution in [0.2, 0.25) is 0 Å². The molecule has 1 aliphatic carbocycles. The number of aliphatic hydroxyl groups is 1. The molecule has 0 amide bonds. The monoisotopic (exact) mass is 254 g/mol. The Bertz CT molecular complexity index is 251. The third kappa shape index (κ3) is 2.59. The van der Waals surface area contributed by atoms with Crippen molar-refractivity contribution in [1.82, 2.24) is 5.32 Å². The second-order valence-electron chi connectivity index (χ2n) is 6.47. The van der Waals surface area contributed by atoms with E-state index in [4.69, 9.17) is 5.73 Å². The molecule has 0 aromatic carbocycles. The molecule has 0 aromatic heterocycles. The van der Waals surface area contributed by atoms with E-state index in [-0.39, 0.29) is 5.41 Å². The maximum absolute atomic E-state index is 11.2. The predicted molar refractivity (Wildman–Crippen MR) is 75.4 cm³/mol. The van der Waals surface area contributed by atoms with Crippen molar-refractivity contribution in [3.63, 3.8) is 0 Å². The van der Waals surface area contributed by atoms with Gasteiger partial charge in [-0.05, 0) is 64.0 Å². The summed E-state index contributed by atoms with van der Waals surface area (Å²) < 4.78 is 0. The second-order valence-corrected chi connectivity index (χ2v) is 6.47. The van der Waals surface area contributed by atoms with Gasteiger partial charge in [-0.1, -0.05) is 13.3 Å². The van der Waals surface area contributed by atoms with Crippen LogP contribution in [0.3, 0.4) is 0 Å². The zero-order chi connectivity index (χ0) is 13.1. The molecule has 3 nitrogen and oxygen atoms in total. The Morgan fingerprint density at radius 3 is 2.50 bits per heavy atom. The molecule has 1 unspecified atom stereocenters. The number of nitrogens with two attached hydrogens (primary N) is 1. The summed E-state index contributed by atoms with van der Waals surface area (Å²) in [6.07, 6.45) is 8.91. The smallest absolute Gasteiger partial charge is 0.0728 e. The van der Waals surface area contributed by atoms with Crippen LogP contribution in [0.25, 0.3) is 0 Å². The topological polar surface area (TPSA) is 58.3 Å². The average Bonchev–Trinajstić information content (AvgIpc) is 2.65. The quantitative estimate of drug-likeness (QED) is 0.722. The van der Waals surface area contributed by atoms with Gasteiger partial charge in [0.15, 0.2) is 0 Å². The van der Waals surface area contributed by atoms with Gasteiger partial charge in [-0.15, -0.1) is 0 Å². The molecule has 1 aliphatic heterocycles. The molecule has 1 heterocycles. The van der Waals surface area contributed by atoms with Gasteiger partial charge in [0.1, 0.15) is 0 Å². The van der Waals surface area contributed by atoms with Crippen molar-refractivity contribution in [3.8, 4) is 0 Å². The van der Waals surface area contributed by atoms with Crippen LogP contribution in [-0.2, 0) is 0 Å². The zero-order valence-electron chi connectivity index (χ0n) is 11.9. The van der Waals surface area contributed by atoms with E-state index in [0.29, 0.717) is 6.54 Å². The van der Waals surface area contributed by atoms with Crippen LogP contribution in [0.5, 0.6) is 0 Å². The summed E-state index contributed by atoms with van der Waals surface area (Å²) in [7, 11) is 0. The van der Waals surface area contributed by atoms with Crippen LogP contribution < -0.4 is 11.1 Å². The number of hydrogen-bond acceptors (Lipinski definition) is 3. The third-order valence-corrected chi connectivity index (χ3v) is 5.68. The van der Waals surface area contributed by atoms with Gasteiger partial charge < -0.3 is 16.2 Å². The molecule has 1 saturated carbocycles. The highest BCUT2D eigenvalue weighted by molar-refractivity contribution is 5.02. The van der Waals surface area contributed by atoms with E-state index in [2.05, 4.69) is 12.2 Å². The fraction of sp³-hybridized carbons (Fsp3) is 1.00. The zero-order valence-corrected chi connectivity index (χ0v) is 11.9. The first-order valence-corrected chi connectivity index (χ1v) is 7.79. The van der Waals surface area contributed by atoms with Crippen LogP contribution in [0.4, 0.5) is 0 Å². The predicted octanol–water partition coefficient (Wildman–Crippen LogP) is 2.04. The molecule has 2 aliphatic rings. The Morgan fingerprint density at radius 1 is 1.17 bits per heavy atom. The van der Waals surface area contributed by atoms with Gasteiger partial charge in [-0.25, -0.2) is 0 Å². The summed E-state index contributed by atoms with van der Waals surface area (Å²) in [4.78, 5) is 0. The summed E-state index contributed by atoms with van der Waals surface area (Å²) in [5.41, 5.74) is 5.58. The molecule has 1 saturated heterocycles. The van der Waals surface area contributed by atoms with Gasteiger partial charge in [0.2, 0.25) is 0 Å². The molecular weight excluding hydrogens is 224 g/mol. The van der Waals surface area contributed by atoms with Crippen molar-refractivity contribution in [1.29, 1.82) is 0 Å². The van der Waals surface area contributed by atoms with E-state index in [0.717, 1.165) is 51.1 Å². The second kappa shape index (κ2) is 5.89. The van der Waals surface area contributed by atoms with Crippen molar-refractivity contribution in [2.45, 2.75) is 63.9 Å². The molecule has 3 heteroatoms. The fourth-order valence-electron chi connectivity index (χ4n) is 4.08. The molecule has 0 radical (unpaired) electrons. The first-order valence-electron chi connectivity index (χ1n) is 7.79. The Kier molecular flexibility index (Phi) is 4.68. The van der Waals surface area contributed by atoms with Gasteiger partial charge in [-0.2, -0.15) is 0 Å². The van der Waals surface area contributed by atoms with E-state index in [9.17, 15) is 5.11 Å². The standard InChI is InChI=1S/C15H30N2O/c1-2-13-4-7-14(12-16,8-5-13)15(18)6-3-10-17-11-9-15/h13,17-18H,2-12,16H2,1H3. The Balaban J connectivity index is 2.10. The maximum atomic E-state index is 11.2. The molecule has 106 valence electrons. The van der Waals surface area contributed by atoms with Gasteiger partial charge in [-0.3, -0.25) is 0 Å². The first kappa shape index (κ1) is 14.3. The highest BCUT2D eigenvalue weighted by Crippen LogP contribution is 2.49. The normalized spacial score (nSPS) is 42.5. The molecule has 4 N–H and O–H groups in total. The van der Waals surface area contributed by atoms with Gasteiger partial charge in [0, 0.05) is 12.0 Å². The molecule has 0 aromatic rings. The minimum Gasteiger partial charge on any atom is -0.389 e. The highest BCUT2D eigenvalue weighted by atomic mass is 16.3. The molecule has 18 heavy (non-hydrogen) atoms. The lowest BCUT2D eigenvalue weighted by Crippen LogP contribution is -2.54. The van der Waals surface area contributed by atoms with Crippen LogP contribution in [0.15, 0.2) is 0 Å². The Labute approximate surface area is 112 Å². The van der Waals surface area contributed by atoms with Crippen molar-refractivity contribution < 1.29 is 5.11 Å².